The van der Waals surface area contributed by atoms with Gasteiger partial charge in [-0.15, -0.1) is 0 Å². The zero-order valence-electron chi connectivity index (χ0n) is 17.0. The van der Waals surface area contributed by atoms with Crippen LogP contribution in [-0.2, 0) is 22.6 Å². The van der Waals surface area contributed by atoms with Crippen LogP contribution >= 0.6 is 22.9 Å². The number of halogens is 1. The monoisotopic (exact) mass is 449 g/mol. The van der Waals surface area contributed by atoms with E-state index in [1.807, 2.05) is 6.07 Å². The normalized spacial score (nSPS) is 16.9. The van der Waals surface area contributed by atoms with Gasteiger partial charge in [-0.25, -0.2) is 9.97 Å². The van der Waals surface area contributed by atoms with Crippen molar-refractivity contribution in [1.29, 1.82) is 0 Å². The van der Waals surface area contributed by atoms with Crippen molar-refractivity contribution in [3.8, 4) is 5.75 Å². The number of rotatable bonds is 4. The standard InChI is InChI=1S/C20H24ClN5O3S/c1-12(27)25-6-3-13(4-7-25)19(28)24-20-23-15-5-8-26(11-17(15)30-20)14-9-16(29-2)18(21)22-10-14/h9-10,13H,3-8,11H2,1-2H3,(H,23,24,28). The average Bonchev–Trinajstić information content (AvgIpc) is 3.15. The Hall–Kier alpha value is -2.39. The lowest BCUT2D eigenvalue weighted by Gasteiger charge is -2.30. The second-order valence-electron chi connectivity index (χ2n) is 7.52. The molecule has 2 amide bonds. The summed E-state index contributed by atoms with van der Waals surface area (Å²) >= 11 is 7.55. The van der Waals surface area contributed by atoms with Crippen molar-refractivity contribution in [2.24, 2.45) is 5.92 Å². The molecule has 0 unspecified atom stereocenters. The van der Waals surface area contributed by atoms with E-state index in [-0.39, 0.29) is 17.7 Å². The predicted octanol–water partition coefficient (Wildman–Crippen LogP) is 2.96. The number of thiazole rings is 1. The number of ether oxygens (including phenoxy) is 1. The minimum absolute atomic E-state index is 0.00667. The fourth-order valence-electron chi connectivity index (χ4n) is 3.87. The molecular weight excluding hydrogens is 426 g/mol. The summed E-state index contributed by atoms with van der Waals surface area (Å²) in [6.45, 7) is 4.34. The number of nitrogens with zero attached hydrogens (tertiary/aromatic N) is 4. The zero-order chi connectivity index (χ0) is 21.3. The number of carbonyl (C=O) groups excluding carboxylic acids is 2. The molecule has 2 aromatic rings. The van der Waals surface area contributed by atoms with E-state index < -0.39 is 0 Å². The molecule has 2 aliphatic rings. The smallest absolute Gasteiger partial charge is 0.229 e. The van der Waals surface area contributed by atoms with Crippen LogP contribution in [0.1, 0.15) is 30.3 Å². The number of carbonyl (C=O) groups is 2. The van der Waals surface area contributed by atoms with E-state index in [4.69, 9.17) is 16.3 Å². The van der Waals surface area contributed by atoms with Crippen LogP contribution in [0.2, 0.25) is 5.15 Å². The number of methoxy groups -OCH3 is 1. The highest BCUT2D eigenvalue weighted by molar-refractivity contribution is 7.15. The van der Waals surface area contributed by atoms with Crippen LogP contribution in [0.25, 0.3) is 0 Å². The highest BCUT2D eigenvalue weighted by atomic mass is 35.5. The van der Waals surface area contributed by atoms with Crippen molar-refractivity contribution in [2.75, 3.05) is 37.0 Å². The summed E-state index contributed by atoms with van der Waals surface area (Å²) in [5, 5.41) is 3.98. The van der Waals surface area contributed by atoms with Crippen molar-refractivity contribution in [1.82, 2.24) is 14.9 Å². The average molecular weight is 450 g/mol. The summed E-state index contributed by atoms with van der Waals surface area (Å²) in [6, 6.07) is 1.89. The first-order valence-electron chi connectivity index (χ1n) is 9.94. The Morgan fingerprint density at radius 2 is 2.07 bits per heavy atom. The van der Waals surface area contributed by atoms with Gasteiger partial charge in [0.1, 0.15) is 0 Å². The van der Waals surface area contributed by atoms with E-state index in [9.17, 15) is 9.59 Å². The lowest BCUT2D eigenvalue weighted by Crippen LogP contribution is -2.40. The van der Waals surface area contributed by atoms with Gasteiger partial charge >= 0.3 is 0 Å². The number of hydrogen-bond acceptors (Lipinski definition) is 7. The first-order chi connectivity index (χ1) is 14.4. The topological polar surface area (TPSA) is 87.7 Å². The number of nitrogens with one attached hydrogen (secondary N) is 1. The van der Waals surface area contributed by atoms with Gasteiger partial charge in [-0.3, -0.25) is 9.59 Å². The molecule has 1 N–H and O–H groups in total. The van der Waals surface area contributed by atoms with Gasteiger partial charge in [-0.2, -0.15) is 0 Å². The summed E-state index contributed by atoms with van der Waals surface area (Å²) < 4.78 is 5.27. The van der Waals surface area contributed by atoms with Crippen LogP contribution in [0.5, 0.6) is 5.75 Å². The molecule has 10 heteroatoms. The summed E-state index contributed by atoms with van der Waals surface area (Å²) in [7, 11) is 1.57. The Morgan fingerprint density at radius 3 is 2.77 bits per heavy atom. The van der Waals surface area contributed by atoms with E-state index >= 15 is 0 Å². The molecule has 160 valence electrons. The molecule has 2 aromatic heterocycles. The highest BCUT2D eigenvalue weighted by Gasteiger charge is 2.28. The van der Waals surface area contributed by atoms with Gasteiger partial charge < -0.3 is 19.9 Å². The second-order valence-corrected chi connectivity index (χ2v) is 8.96. The van der Waals surface area contributed by atoms with Crippen LogP contribution in [0.15, 0.2) is 12.3 Å². The third kappa shape index (κ3) is 4.37. The van der Waals surface area contributed by atoms with Crippen LogP contribution in [-0.4, -0.2) is 53.4 Å². The molecule has 0 atom stereocenters. The highest BCUT2D eigenvalue weighted by Crippen LogP contribution is 2.33. The summed E-state index contributed by atoms with van der Waals surface area (Å²) in [5.41, 5.74) is 1.98. The van der Waals surface area contributed by atoms with Crippen molar-refractivity contribution in [2.45, 2.75) is 32.7 Å². The minimum Gasteiger partial charge on any atom is -0.493 e. The van der Waals surface area contributed by atoms with Crippen molar-refractivity contribution >= 4 is 45.6 Å². The van der Waals surface area contributed by atoms with Crippen LogP contribution in [0, 0.1) is 5.92 Å². The van der Waals surface area contributed by atoms with E-state index in [0.717, 1.165) is 29.2 Å². The van der Waals surface area contributed by atoms with Gasteiger partial charge in [-0.1, -0.05) is 22.9 Å². The van der Waals surface area contributed by atoms with Gasteiger partial charge in [0.15, 0.2) is 16.0 Å². The molecule has 8 nitrogen and oxygen atoms in total. The molecule has 30 heavy (non-hydrogen) atoms. The Kier molecular flexibility index (Phi) is 6.10. The minimum atomic E-state index is -0.0781. The Bertz CT molecular complexity index is 958. The zero-order valence-corrected chi connectivity index (χ0v) is 18.6. The Morgan fingerprint density at radius 1 is 1.30 bits per heavy atom. The molecule has 0 bridgehead atoms. The number of aromatic nitrogens is 2. The molecule has 1 fully saturated rings. The first-order valence-corrected chi connectivity index (χ1v) is 11.1. The maximum Gasteiger partial charge on any atom is 0.229 e. The van der Waals surface area contributed by atoms with E-state index in [1.165, 1.54) is 11.3 Å². The molecule has 0 aromatic carbocycles. The lowest BCUT2D eigenvalue weighted by atomic mass is 9.96. The second kappa shape index (κ2) is 8.77. The number of anilines is 2. The third-order valence-corrected chi connectivity index (χ3v) is 6.93. The van der Waals surface area contributed by atoms with Gasteiger partial charge in [-0.05, 0) is 12.8 Å². The molecule has 4 heterocycles. The maximum atomic E-state index is 12.7. The number of fused-ring (bicyclic) bond motifs is 1. The van der Waals surface area contributed by atoms with Gasteiger partial charge in [0.05, 0.1) is 31.2 Å². The molecule has 4 rings (SSSR count). The lowest BCUT2D eigenvalue weighted by molar-refractivity contribution is -0.132. The molecule has 0 saturated carbocycles. The van der Waals surface area contributed by atoms with E-state index in [0.29, 0.717) is 48.5 Å². The van der Waals surface area contributed by atoms with E-state index in [2.05, 4.69) is 20.2 Å². The fraction of sp³-hybridized carbons (Fsp3) is 0.500. The largest absolute Gasteiger partial charge is 0.493 e. The molecule has 1 saturated heterocycles. The Balaban J connectivity index is 1.39. The van der Waals surface area contributed by atoms with Crippen molar-refractivity contribution in [3.63, 3.8) is 0 Å². The van der Waals surface area contributed by atoms with Crippen LogP contribution in [0.4, 0.5) is 10.8 Å². The molecule has 0 aliphatic carbocycles. The van der Waals surface area contributed by atoms with Gasteiger partial charge in [0.25, 0.3) is 0 Å². The number of hydrogen-bond donors (Lipinski definition) is 1. The quantitative estimate of drug-likeness (QED) is 0.722. The SMILES string of the molecule is COc1cc(N2CCc3nc(NC(=O)C4CCN(C(C)=O)CC4)sc3C2)cnc1Cl. The van der Waals surface area contributed by atoms with Gasteiger partial charge in [0.2, 0.25) is 11.8 Å². The van der Waals surface area contributed by atoms with Crippen LogP contribution < -0.4 is 15.0 Å². The first kappa shape index (κ1) is 20.9. The maximum absolute atomic E-state index is 12.7. The van der Waals surface area contributed by atoms with Crippen LogP contribution in [0.3, 0.4) is 0 Å². The summed E-state index contributed by atoms with van der Waals surface area (Å²) in [4.78, 5) is 38.1. The fourth-order valence-corrected chi connectivity index (χ4v) is 5.07. The summed E-state index contributed by atoms with van der Waals surface area (Å²) in [6.07, 6.45) is 3.92. The van der Waals surface area contributed by atoms with E-state index in [1.54, 1.807) is 25.1 Å². The number of likely N-dealkylation sites (tertiary alicyclic amines) is 1. The summed E-state index contributed by atoms with van der Waals surface area (Å²) in [5.74, 6) is 0.533. The molecule has 0 radical (unpaired) electrons. The predicted molar refractivity (Wildman–Crippen MR) is 116 cm³/mol. The van der Waals surface area contributed by atoms with Crippen molar-refractivity contribution < 1.29 is 14.3 Å². The van der Waals surface area contributed by atoms with Gasteiger partial charge in [0, 0.05) is 49.8 Å². The molecule has 0 spiro atoms. The number of pyridine rings is 1. The van der Waals surface area contributed by atoms with Crippen molar-refractivity contribution in [3.05, 3.63) is 28.0 Å². The number of piperidine rings is 1. The third-order valence-electron chi connectivity index (χ3n) is 5.65. The molecule has 2 aliphatic heterocycles. The number of amides is 2. The molecular formula is C20H24ClN5O3S. The Labute approximate surface area is 184 Å².